The number of anilines is 1. The highest BCUT2D eigenvalue weighted by Gasteiger charge is 2.45. The van der Waals surface area contributed by atoms with E-state index in [9.17, 15) is 9.18 Å². The van der Waals surface area contributed by atoms with Gasteiger partial charge in [0.15, 0.2) is 0 Å². The van der Waals surface area contributed by atoms with Gasteiger partial charge in [0, 0.05) is 11.1 Å². The van der Waals surface area contributed by atoms with Gasteiger partial charge >= 0.3 is 6.09 Å². The Morgan fingerprint density at radius 2 is 1.97 bits per heavy atom. The Bertz CT molecular complexity index is 1140. The van der Waals surface area contributed by atoms with Crippen molar-refractivity contribution in [1.82, 2.24) is 9.78 Å². The molecule has 0 radical (unpaired) electrons. The second kappa shape index (κ2) is 7.69. The maximum atomic E-state index is 13.3. The quantitative estimate of drug-likeness (QED) is 0.590. The number of amides is 1. The Kier molecular flexibility index (Phi) is 4.85. The Morgan fingerprint density at radius 3 is 2.74 bits per heavy atom. The zero-order valence-electron chi connectivity index (χ0n) is 17.3. The summed E-state index contributed by atoms with van der Waals surface area (Å²) in [5, 5.41) is 7.38. The summed E-state index contributed by atoms with van der Waals surface area (Å²) in [5.41, 5.74) is 4.68. The minimum absolute atomic E-state index is 0.210. The number of hydrogen-bond donors (Lipinski definition) is 1. The van der Waals surface area contributed by atoms with Gasteiger partial charge in [-0.1, -0.05) is 30.7 Å². The molecule has 1 amide bonds. The molecule has 1 heterocycles. The van der Waals surface area contributed by atoms with Crippen molar-refractivity contribution in [3.05, 3.63) is 83.4 Å². The number of carbonyl (C=O) groups is 1. The summed E-state index contributed by atoms with van der Waals surface area (Å²) in [6.07, 6.45) is 6.92. The van der Waals surface area contributed by atoms with Crippen LogP contribution < -0.4 is 5.32 Å². The maximum Gasteiger partial charge on any atom is 0.411 e. The highest BCUT2D eigenvalue weighted by atomic mass is 19.1. The molecule has 0 bridgehead atoms. The average molecular weight is 417 g/mol. The third-order valence-electron chi connectivity index (χ3n) is 6.45. The molecule has 5 nitrogen and oxygen atoms in total. The van der Waals surface area contributed by atoms with Crippen LogP contribution in [-0.4, -0.2) is 22.0 Å². The van der Waals surface area contributed by atoms with Crippen molar-refractivity contribution in [1.29, 1.82) is 0 Å². The SMILES string of the molecule is C[C@]12Cc3cnn(-c4ccc(F)cc4)c3C=C1CCC[C@@H]2OC(=O)Nc1ccccc1. The lowest BCUT2D eigenvalue weighted by Crippen LogP contribution is -2.44. The summed E-state index contributed by atoms with van der Waals surface area (Å²) in [7, 11) is 0. The smallest absolute Gasteiger partial charge is 0.411 e. The molecule has 2 aromatic carbocycles. The summed E-state index contributed by atoms with van der Waals surface area (Å²) < 4.78 is 21.1. The molecule has 0 aliphatic heterocycles. The lowest BCUT2D eigenvalue weighted by atomic mass is 9.64. The van der Waals surface area contributed by atoms with Gasteiger partial charge in [0.1, 0.15) is 11.9 Å². The average Bonchev–Trinajstić information content (AvgIpc) is 3.16. The fourth-order valence-corrected chi connectivity index (χ4v) is 4.77. The van der Waals surface area contributed by atoms with Crippen molar-refractivity contribution in [3.63, 3.8) is 0 Å². The number of rotatable bonds is 3. The molecule has 1 saturated carbocycles. The summed E-state index contributed by atoms with van der Waals surface area (Å²) in [4.78, 5) is 12.6. The van der Waals surface area contributed by atoms with Crippen LogP contribution in [0.2, 0.25) is 0 Å². The van der Waals surface area contributed by atoms with Gasteiger partial charge in [0.25, 0.3) is 0 Å². The number of para-hydroxylation sites is 1. The topological polar surface area (TPSA) is 56.2 Å². The minimum atomic E-state index is -0.425. The van der Waals surface area contributed by atoms with E-state index in [1.807, 2.05) is 41.2 Å². The van der Waals surface area contributed by atoms with E-state index < -0.39 is 6.09 Å². The summed E-state index contributed by atoms with van der Waals surface area (Å²) >= 11 is 0. The van der Waals surface area contributed by atoms with Gasteiger partial charge < -0.3 is 4.74 Å². The van der Waals surface area contributed by atoms with Gasteiger partial charge in [0.2, 0.25) is 0 Å². The maximum absolute atomic E-state index is 13.3. The van der Waals surface area contributed by atoms with E-state index in [2.05, 4.69) is 23.4 Å². The lowest BCUT2D eigenvalue weighted by molar-refractivity contribution is 0.0195. The molecule has 1 aromatic heterocycles. The van der Waals surface area contributed by atoms with Gasteiger partial charge in [-0.3, -0.25) is 5.32 Å². The molecule has 2 atom stereocenters. The first-order valence-corrected chi connectivity index (χ1v) is 10.6. The molecule has 0 saturated heterocycles. The highest BCUT2D eigenvalue weighted by molar-refractivity contribution is 5.84. The number of aromatic nitrogens is 2. The Hall–Kier alpha value is -3.41. The molecule has 0 unspecified atom stereocenters. The van der Waals surface area contributed by atoms with Crippen LogP contribution in [-0.2, 0) is 11.2 Å². The Balaban J connectivity index is 1.40. The molecule has 6 heteroatoms. The molecular weight excluding hydrogens is 393 g/mol. The summed E-state index contributed by atoms with van der Waals surface area (Å²) in [5.74, 6) is -0.267. The first-order valence-electron chi connectivity index (χ1n) is 10.6. The Morgan fingerprint density at radius 1 is 1.19 bits per heavy atom. The number of fused-ring (bicyclic) bond motifs is 2. The first-order chi connectivity index (χ1) is 15.0. The van der Waals surface area contributed by atoms with Crippen LogP contribution in [0.5, 0.6) is 0 Å². The van der Waals surface area contributed by atoms with Gasteiger partial charge in [-0.05, 0) is 73.7 Å². The van der Waals surface area contributed by atoms with Crippen LogP contribution in [0.15, 0.2) is 66.4 Å². The van der Waals surface area contributed by atoms with Crippen LogP contribution in [0.3, 0.4) is 0 Å². The predicted molar refractivity (Wildman–Crippen MR) is 117 cm³/mol. The number of ether oxygens (including phenoxy) is 1. The van der Waals surface area contributed by atoms with Gasteiger partial charge in [0.05, 0.1) is 17.6 Å². The standard InChI is InChI=1S/C25H24FN3O2/c1-25-15-17-16-27-29(21-12-10-19(26)11-13-21)22(17)14-18(25)6-5-9-23(25)31-24(30)28-20-7-3-2-4-8-20/h2-4,7-8,10-14,16,23H,5-6,9,15H2,1H3,(H,28,30)/t23-,25-/m0/s1. The number of benzene rings is 2. The molecule has 1 fully saturated rings. The van der Waals surface area contributed by atoms with Gasteiger partial charge in [-0.2, -0.15) is 5.10 Å². The molecule has 2 aliphatic rings. The Labute approximate surface area is 180 Å². The fourth-order valence-electron chi connectivity index (χ4n) is 4.77. The van der Waals surface area contributed by atoms with E-state index in [-0.39, 0.29) is 17.3 Å². The third kappa shape index (κ3) is 3.63. The van der Waals surface area contributed by atoms with Crippen molar-refractivity contribution in [3.8, 4) is 5.69 Å². The summed E-state index contributed by atoms with van der Waals surface area (Å²) in [6, 6.07) is 15.7. The molecule has 31 heavy (non-hydrogen) atoms. The first kappa shape index (κ1) is 19.5. The minimum Gasteiger partial charge on any atom is -0.445 e. The summed E-state index contributed by atoms with van der Waals surface area (Å²) in [6.45, 7) is 2.18. The molecule has 5 rings (SSSR count). The molecular formula is C25H24FN3O2. The molecule has 1 N–H and O–H groups in total. The number of halogens is 1. The van der Waals surface area contributed by atoms with Crippen molar-refractivity contribution < 1.29 is 13.9 Å². The predicted octanol–water partition coefficient (Wildman–Crippen LogP) is 5.76. The van der Waals surface area contributed by atoms with Crippen molar-refractivity contribution in [2.24, 2.45) is 5.41 Å². The van der Waals surface area contributed by atoms with Crippen LogP contribution in [0, 0.1) is 11.2 Å². The van der Waals surface area contributed by atoms with E-state index >= 15 is 0 Å². The van der Waals surface area contributed by atoms with Crippen LogP contribution >= 0.6 is 0 Å². The van der Waals surface area contributed by atoms with Crippen molar-refractivity contribution in [2.75, 3.05) is 5.32 Å². The molecule has 0 spiro atoms. The largest absolute Gasteiger partial charge is 0.445 e. The molecule has 3 aromatic rings. The fraction of sp³-hybridized carbons (Fsp3) is 0.280. The number of hydrogen-bond acceptors (Lipinski definition) is 3. The molecule has 158 valence electrons. The normalized spacial score (nSPS) is 22.1. The number of carbonyl (C=O) groups excluding carboxylic acids is 1. The van der Waals surface area contributed by atoms with Gasteiger partial charge in [-0.15, -0.1) is 0 Å². The second-order valence-electron chi connectivity index (χ2n) is 8.48. The van der Waals surface area contributed by atoms with Crippen molar-refractivity contribution >= 4 is 17.9 Å². The molecule has 2 aliphatic carbocycles. The lowest BCUT2D eigenvalue weighted by Gasteiger charge is -2.44. The highest BCUT2D eigenvalue weighted by Crippen LogP contribution is 2.49. The van der Waals surface area contributed by atoms with E-state index in [0.29, 0.717) is 0 Å². The van der Waals surface area contributed by atoms with E-state index in [4.69, 9.17) is 4.74 Å². The van der Waals surface area contributed by atoms with Crippen molar-refractivity contribution in [2.45, 2.75) is 38.7 Å². The van der Waals surface area contributed by atoms with Gasteiger partial charge in [-0.25, -0.2) is 13.9 Å². The monoisotopic (exact) mass is 417 g/mol. The second-order valence-corrected chi connectivity index (χ2v) is 8.48. The van der Waals surface area contributed by atoms with E-state index in [1.54, 1.807) is 12.1 Å². The van der Waals surface area contributed by atoms with E-state index in [0.717, 1.165) is 48.3 Å². The van der Waals surface area contributed by atoms with Crippen LogP contribution in [0.25, 0.3) is 11.8 Å². The third-order valence-corrected chi connectivity index (χ3v) is 6.45. The number of nitrogens with zero attached hydrogens (tertiary/aromatic N) is 2. The van der Waals surface area contributed by atoms with E-state index in [1.165, 1.54) is 17.7 Å². The number of nitrogens with one attached hydrogen (secondary N) is 1. The van der Waals surface area contributed by atoms with Crippen LogP contribution in [0.1, 0.15) is 37.4 Å². The zero-order valence-corrected chi connectivity index (χ0v) is 17.3. The van der Waals surface area contributed by atoms with Crippen LogP contribution in [0.4, 0.5) is 14.9 Å². The zero-order chi connectivity index (χ0) is 21.4.